The number of aliphatic hydroxyl groups is 2. The van der Waals surface area contributed by atoms with Gasteiger partial charge in [0.05, 0.1) is 25.4 Å². The molecule has 0 aromatic carbocycles. The van der Waals surface area contributed by atoms with Crippen LogP contribution < -0.4 is 5.32 Å². The van der Waals surface area contributed by atoms with Crippen LogP contribution >= 0.6 is 0 Å². The first-order valence-electron chi connectivity index (χ1n) is 30.4. The number of hydrogen-bond acceptors (Lipinski definition) is 5. The molecule has 0 saturated heterocycles. The van der Waals surface area contributed by atoms with E-state index in [1.807, 2.05) is 6.08 Å². The molecular formula is C63H117NO5. The fraction of sp³-hybridized carbons (Fsp3) is 0.841. The average Bonchev–Trinajstić information content (AvgIpc) is 3.35. The summed E-state index contributed by atoms with van der Waals surface area (Å²) in [5.41, 5.74) is 0. The Bertz CT molecular complexity index is 1160. The zero-order valence-corrected chi connectivity index (χ0v) is 46.0. The van der Waals surface area contributed by atoms with Crippen LogP contribution in [0.15, 0.2) is 48.6 Å². The molecule has 0 aliphatic rings. The monoisotopic (exact) mass is 968 g/mol. The van der Waals surface area contributed by atoms with Crippen LogP contribution in [-0.2, 0) is 14.3 Å². The number of rotatable bonds is 56. The number of unbranched alkanes of at least 4 members (excludes halogenated alkanes) is 39. The SMILES string of the molecule is CCCCC/C=C\C/C=C\CCCCCCCCCCCC(=O)OCCCCCCCCCC/C=C\CCCCCCCCCC(=O)NC(CO)C(O)/C=C/CCCCCCCCCCCCCC. The fourth-order valence-corrected chi connectivity index (χ4v) is 9.13. The summed E-state index contributed by atoms with van der Waals surface area (Å²) in [6.45, 7) is 4.87. The Labute approximate surface area is 429 Å². The molecule has 0 saturated carbocycles. The summed E-state index contributed by atoms with van der Waals surface area (Å²) >= 11 is 0. The standard InChI is InChI=1S/C63H117NO5/c1-3-5-7-9-11-13-15-17-19-20-22-26-29-33-37-41-45-49-53-57-63(68)69-58-54-50-46-42-38-34-30-27-24-21-23-25-28-32-36-40-44-48-52-56-62(67)64-60(59-65)61(66)55-51-47-43-39-35-31-18-16-14-12-10-8-6-4-2/h11,13,17,19,21,23,51,55,60-61,65-66H,3-10,12,14-16,18,20,22,24-50,52-54,56-59H2,1-2H3,(H,64,67)/b13-11-,19-17-,23-21-,55-51+. The predicted octanol–water partition coefficient (Wildman–Crippen LogP) is 19.0. The van der Waals surface area contributed by atoms with Gasteiger partial charge in [-0.2, -0.15) is 0 Å². The van der Waals surface area contributed by atoms with Crippen molar-refractivity contribution < 1.29 is 24.5 Å². The van der Waals surface area contributed by atoms with E-state index >= 15 is 0 Å². The van der Waals surface area contributed by atoms with Crippen LogP contribution in [0.4, 0.5) is 0 Å². The molecular weight excluding hydrogens is 851 g/mol. The van der Waals surface area contributed by atoms with Gasteiger partial charge in [-0.25, -0.2) is 0 Å². The Kier molecular flexibility index (Phi) is 56.5. The largest absolute Gasteiger partial charge is 0.466 e. The Morgan fingerprint density at radius 3 is 1.14 bits per heavy atom. The van der Waals surface area contributed by atoms with Gasteiger partial charge in [-0.3, -0.25) is 9.59 Å². The summed E-state index contributed by atoms with van der Waals surface area (Å²) in [4.78, 5) is 24.5. The van der Waals surface area contributed by atoms with Gasteiger partial charge in [0.15, 0.2) is 0 Å². The van der Waals surface area contributed by atoms with Gasteiger partial charge >= 0.3 is 5.97 Å². The minimum absolute atomic E-state index is 0.000938. The van der Waals surface area contributed by atoms with Gasteiger partial charge in [0.25, 0.3) is 0 Å². The van der Waals surface area contributed by atoms with E-state index in [2.05, 4.69) is 55.6 Å². The number of nitrogens with one attached hydrogen (secondary N) is 1. The van der Waals surface area contributed by atoms with Crippen molar-refractivity contribution in [3.63, 3.8) is 0 Å². The molecule has 6 heteroatoms. The van der Waals surface area contributed by atoms with Crippen molar-refractivity contribution in [2.75, 3.05) is 13.2 Å². The van der Waals surface area contributed by atoms with E-state index < -0.39 is 12.1 Å². The van der Waals surface area contributed by atoms with Crippen molar-refractivity contribution in [1.29, 1.82) is 0 Å². The van der Waals surface area contributed by atoms with Crippen LogP contribution in [0.5, 0.6) is 0 Å². The quantitative estimate of drug-likeness (QED) is 0.0321. The lowest BCUT2D eigenvalue weighted by Crippen LogP contribution is -2.45. The number of carbonyl (C=O) groups is 2. The molecule has 3 N–H and O–H groups in total. The van der Waals surface area contributed by atoms with Gasteiger partial charge in [-0.1, -0.05) is 262 Å². The van der Waals surface area contributed by atoms with Gasteiger partial charge in [0.1, 0.15) is 0 Å². The minimum Gasteiger partial charge on any atom is -0.466 e. The summed E-state index contributed by atoms with van der Waals surface area (Å²) in [5.74, 6) is -0.0787. The highest BCUT2D eigenvalue weighted by atomic mass is 16.5. The summed E-state index contributed by atoms with van der Waals surface area (Å²) in [5, 5.41) is 23.1. The summed E-state index contributed by atoms with van der Waals surface area (Å²) < 4.78 is 5.49. The van der Waals surface area contributed by atoms with Crippen molar-refractivity contribution in [1.82, 2.24) is 5.32 Å². The highest BCUT2D eigenvalue weighted by molar-refractivity contribution is 5.76. The first kappa shape index (κ1) is 66.8. The molecule has 0 aromatic rings. The molecule has 2 unspecified atom stereocenters. The molecule has 69 heavy (non-hydrogen) atoms. The first-order valence-corrected chi connectivity index (χ1v) is 30.4. The van der Waals surface area contributed by atoms with E-state index in [0.717, 1.165) is 57.8 Å². The Hall–Kier alpha value is -2.18. The highest BCUT2D eigenvalue weighted by Crippen LogP contribution is 2.16. The molecule has 0 spiro atoms. The van der Waals surface area contributed by atoms with E-state index in [9.17, 15) is 19.8 Å². The molecule has 0 rings (SSSR count). The van der Waals surface area contributed by atoms with Crippen LogP contribution in [0.25, 0.3) is 0 Å². The van der Waals surface area contributed by atoms with E-state index in [1.54, 1.807) is 6.08 Å². The number of hydrogen-bond donors (Lipinski definition) is 3. The lowest BCUT2D eigenvalue weighted by atomic mass is 10.0. The molecule has 0 heterocycles. The zero-order chi connectivity index (χ0) is 50.0. The van der Waals surface area contributed by atoms with Gasteiger partial charge in [-0.15, -0.1) is 0 Å². The number of aliphatic hydroxyl groups excluding tert-OH is 2. The second kappa shape index (κ2) is 58.4. The molecule has 0 aromatic heterocycles. The second-order valence-corrected chi connectivity index (χ2v) is 20.7. The molecule has 2 atom stereocenters. The van der Waals surface area contributed by atoms with Gasteiger partial charge < -0.3 is 20.3 Å². The molecule has 0 aliphatic heterocycles. The Balaban J connectivity index is 3.45. The number of ether oxygens (including phenoxy) is 1. The van der Waals surface area contributed by atoms with Crippen LogP contribution in [-0.4, -0.2) is 47.4 Å². The average molecular weight is 969 g/mol. The van der Waals surface area contributed by atoms with E-state index in [1.165, 1.54) is 231 Å². The van der Waals surface area contributed by atoms with Gasteiger partial charge in [0.2, 0.25) is 5.91 Å². The topological polar surface area (TPSA) is 95.9 Å². The van der Waals surface area contributed by atoms with Crippen LogP contribution in [0.2, 0.25) is 0 Å². The van der Waals surface area contributed by atoms with Crippen LogP contribution in [0.3, 0.4) is 0 Å². The molecule has 404 valence electrons. The fourth-order valence-electron chi connectivity index (χ4n) is 9.13. The maximum absolute atomic E-state index is 12.4. The van der Waals surface area contributed by atoms with Crippen molar-refractivity contribution in [2.24, 2.45) is 0 Å². The molecule has 0 bridgehead atoms. The normalized spacial score (nSPS) is 12.9. The number of carbonyl (C=O) groups excluding carboxylic acids is 2. The third kappa shape index (κ3) is 55.0. The summed E-state index contributed by atoms with van der Waals surface area (Å²) in [7, 11) is 0. The lowest BCUT2D eigenvalue weighted by molar-refractivity contribution is -0.143. The van der Waals surface area contributed by atoms with E-state index in [4.69, 9.17) is 4.74 Å². The van der Waals surface area contributed by atoms with Crippen molar-refractivity contribution in [2.45, 2.75) is 328 Å². The first-order chi connectivity index (χ1) is 34.0. The lowest BCUT2D eigenvalue weighted by Gasteiger charge is -2.20. The molecule has 1 amide bonds. The van der Waals surface area contributed by atoms with E-state index in [-0.39, 0.29) is 18.5 Å². The number of allylic oxidation sites excluding steroid dienone is 7. The zero-order valence-electron chi connectivity index (χ0n) is 46.0. The maximum Gasteiger partial charge on any atom is 0.305 e. The Morgan fingerprint density at radius 2 is 0.725 bits per heavy atom. The minimum atomic E-state index is -0.851. The van der Waals surface area contributed by atoms with Crippen LogP contribution in [0.1, 0.15) is 316 Å². The third-order valence-electron chi connectivity index (χ3n) is 13.8. The molecule has 6 nitrogen and oxygen atoms in total. The smallest absolute Gasteiger partial charge is 0.305 e. The maximum atomic E-state index is 12.4. The van der Waals surface area contributed by atoms with Crippen molar-refractivity contribution in [3.8, 4) is 0 Å². The van der Waals surface area contributed by atoms with Gasteiger partial charge in [-0.05, 0) is 89.9 Å². The molecule has 0 radical (unpaired) electrons. The second-order valence-electron chi connectivity index (χ2n) is 20.7. The number of esters is 1. The Morgan fingerprint density at radius 1 is 0.406 bits per heavy atom. The van der Waals surface area contributed by atoms with Crippen molar-refractivity contribution in [3.05, 3.63) is 48.6 Å². The summed E-state index contributed by atoms with van der Waals surface area (Å²) in [6, 6.07) is -0.635. The van der Waals surface area contributed by atoms with Crippen LogP contribution in [0, 0.1) is 0 Å². The number of amides is 1. The van der Waals surface area contributed by atoms with E-state index in [0.29, 0.717) is 19.4 Å². The highest BCUT2D eigenvalue weighted by Gasteiger charge is 2.18. The molecule has 0 fully saturated rings. The summed E-state index contributed by atoms with van der Waals surface area (Å²) in [6.07, 6.45) is 74.2. The predicted molar refractivity (Wildman–Crippen MR) is 301 cm³/mol. The molecule has 0 aliphatic carbocycles. The van der Waals surface area contributed by atoms with Gasteiger partial charge in [0, 0.05) is 12.8 Å². The third-order valence-corrected chi connectivity index (χ3v) is 13.8. The van der Waals surface area contributed by atoms with Crippen molar-refractivity contribution >= 4 is 11.9 Å².